The number of ether oxygens (including phenoxy) is 1. The summed E-state index contributed by atoms with van der Waals surface area (Å²) in [5, 5.41) is 35.1. The van der Waals surface area contributed by atoms with Gasteiger partial charge in [-0.15, -0.1) is 0 Å². The van der Waals surface area contributed by atoms with Gasteiger partial charge in [-0.25, -0.2) is 0 Å². The van der Waals surface area contributed by atoms with Crippen LogP contribution in [0.15, 0.2) is 11.6 Å². The Bertz CT molecular complexity index is 931. The molecule has 0 bridgehead atoms. The summed E-state index contributed by atoms with van der Waals surface area (Å²) >= 11 is 0. The smallest absolute Gasteiger partial charge is 0.550 e. The minimum Gasteiger partial charge on any atom is -0.550 e. The number of aliphatic carboxylic acids is 1. The van der Waals surface area contributed by atoms with E-state index in [2.05, 4.69) is 33.8 Å². The van der Waals surface area contributed by atoms with Crippen LogP contribution in [-0.4, -0.2) is 40.5 Å². The van der Waals surface area contributed by atoms with Crippen molar-refractivity contribution in [3.05, 3.63) is 11.6 Å². The molecule has 6 nitrogen and oxygen atoms in total. The van der Waals surface area contributed by atoms with Crippen molar-refractivity contribution in [3.8, 4) is 0 Å². The molecule has 0 aromatic heterocycles. The number of aliphatic hydroxyl groups is 2. The van der Waals surface area contributed by atoms with Crippen LogP contribution in [0.1, 0.15) is 99.8 Å². The number of aliphatic hydroxyl groups excluding tert-OH is 2. The fourth-order valence-corrected chi connectivity index (χ4v) is 10.3. The van der Waals surface area contributed by atoms with E-state index in [0.717, 1.165) is 31.3 Å². The molecule has 4 rings (SSSR count). The van der Waals surface area contributed by atoms with Gasteiger partial charge in [-0.3, -0.25) is 4.79 Å². The molecule has 7 heteroatoms. The zero-order chi connectivity index (χ0) is 27.5. The molecule has 4 fully saturated rings. The van der Waals surface area contributed by atoms with E-state index in [1.165, 1.54) is 6.92 Å². The van der Waals surface area contributed by atoms with E-state index in [1.54, 1.807) is 0 Å². The molecule has 0 aromatic rings. The van der Waals surface area contributed by atoms with Crippen LogP contribution in [0.2, 0.25) is 0 Å². The fourth-order valence-electron chi connectivity index (χ4n) is 10.3. The van der Waals surface area contributed by atoms with Gasteiger partial charge in [-0.05, 0) is 105 Å². The Hall–Kier alpha value is -0.660. The summed E-state index contributed by atoms with van der Waals surface area (Å²) in [6.07, 6.45) is 6.48. The maximum Gasteiger partial charge on any atom is 1.00 e. The van der Waals surface area contributed by atoms with Crippen LogP contribution in [0.25, 0.3) is 0 Å². The van der Waals surface area contributed by atoms with Gasteiger partial charge in [0, 0.05) is 24.7 Å². The third kappa shape index (κ3) is 5.00. The van der Waals surface area contributed by atoms with Crippen molar-refractivity contribution in [3.63, 3.8) is 0 Å². The Kier molecular flexibility index (Phi) is 9.49. The molecule has 0 radical (unpaired) electrons. The van der Waals surface area contributed by atoms with Gasteiger partial charge in [-0.1, -0.05) is 39.3 Å². The van der Waals surface area contributed by atoms with Crippen LogP contribution in [0.4, 0.5) is 0 Å². The topological polar surface area (TPSA) is 107 Å². The molecular formula is C31H49AgO6. The number of rotatable bonds is 6. The summed E-state index contributed by atoms with van der Waals surface area (Å²) in [4.78, 5) is 24.8. The Morgan fingerprint density at radius 2 is 1.68 bits per heavy atom. The molecule has 2 N–H and O–H groups in total. The minimum absolute atomic E-state index is 0. The fraction of sp³-hybridized carbons (Fsp3) is 0.871. The second-order valence-electron chi connectivity index (χ2n) is 14.1. The second-order valence-corrected chi connectivity index (χ2v) is 14.1. The van der Waals surface area contributed by atoms with E-state index >= 15 is 0 Å². The van der Waals surface area contributed by atoms with Crippen LogP contribution in [0, 0.1) is 51.8 Å². The summed E-state index contributed by atoms with van der Waals surface area (Å²) < 4.78 is 5.90. The summed E-state index contributed by atoms with van der Waals surface area (Å²) in [5.41, 5.74) is 0.543. The molecular weight excluding hydrogens is 576 g/mol. The normalized spacial score (nSPS) is 46.4. The number of carboxylic acids is 1. The van der Waals surface area contributed by atoms with E-state index < -0.39 is 24.1 Å². The third-order valence-electron chi connectivity index (χ3n) is 12.1. The van der Waals surface area contributed by atoms with Gasteiger partial charge in [0.15, 0.2) is 0 Å². The van der Waals surface area contributed by atoms with Crippen molar-refractivity contribution in [2.24, 2.45) is 51.8 Å². The quantitative estimate of drug-likeness (QED) is 0.260. The van der Waals surface area contributed by atoms with Gasteiger partial charge in [-0.2, -0.15) is 0 Å². The van der Waals surface area contributed by atoms with Crippen LogP contribution in [0.3, 0.4) is 0 Å². The maximum absolute atomic E-state index is 12.6. The first-order valence-corrected chi connectivity index (χ1v) is 14.5. The molecule has 4 aliphatic carbocycles. The predicted molar refractivity (Wildman–Crippen MR) is 140 cm³/mol. The number of carbonyl (C=O) groups is 2. The number of fused-ring (bicyclic) bond motifs is 5. The van der Waals surface area contributed by atoms with Crippen molar-refractivity contribution in [1.82, 2.24) is 0 Å². The van der Waals surface area contributed by atoms with Gasteiger partial charge in [0.05, 0.1) is 12.2 Å². The number of carbonyl (C=O) groups excluding carboxylic acids is 2. The number of carboxylic acid groups (broad SMARTS) is 1. The number of hydrogen-bond donors (Lipinski definition) is 2. The van der Waals surface area contributed by atoms with Gasteiger partial charge < -0.3 is 24.9 Å². The molecule has 0 spiro atoms. The number of esters is 1. The van der Waals surface area contributed by atoms with Crippen LogP contribution in [-0.2, 0) is 36.7 Å². The summed E-state index contributed by atoms with van der Waals surface area (Å²) in [6, 6.07) is 0. The number of allylic oxidation sites excluding steroid dienone is 2. The first kappa shape index (κ1) is 31.9. The average molecular weight is 626 g/mol. The molecule has 220 valence electrons. The average Bonchev–Trinajstić information content (AvgIpc) is 3.05. The molecule has 5 unspecified atom stereocenters. The zero-order valence-corrected chi connectivity index (χ0v) is 25.7. The van der Waals surface area contributed by atoms with Crippen molar-refractivity contribution in [1.29, 1.82) is 0 Å². The first-order chi connectivity index (χ1) is 17.2. The predicted octanol–water partition coefficient (Wildman–Crippen LogP) is 4.26. The Labute approximate surface area is 244 Å². The van der Waals surface area contributed by atoms with Crippen molar-refractivity contribution >= 4 is 11.9 Å². The van der Waals surface area contributed by atoms with Gasteiger partial charge in [0.25, 0.3) is 0 Å². The minimum atomic E-state index is -1.08. The Morgan fingerprint density at radius 3 is 2.26 bits per heavy atom. The Morgan fingerprint density at radius 1 is 1.03 bits per heavy atom. The monoisotopic (exact) mass is 624 g/mol. The molecule has 0 aliphatic heterocycles. The summed E-state index contributed by atoms with van der Waals surface area (Å²) in [6.45, 7) is 14.5. The van der Waals surface area contributed by atoms with E-state index in [9.17, 15) is 24.9 Å². The van der Waals surface area contributed by atoms with E-state index in [1.807, 2.05) is 13.8 Å². The molecule has 0 heterocycles. The van der Waals surface area contributed by atoms with Crippen molar-refractivity contribution in [2.45, 2.75) is 118 Å². The van der Waals surface area contributed by atoms with Crippen LogP contribution < -0.4 is 5.11 Å². The summed E-state index contributed by atoms with van der Waals surface area (Å²) in [7, 11) is 0. The maximum atomic E-state index is 12.6. The zero-order valence-electron chi connectivity index (χ0n) is 24.3. The molecule has 4 aliphatic rings. The van der Waals surface area contributed by atoms with E-state index in [0.29, 0.717) is 31.6 Å². The molecule has 0 amide bonds. The van der Waals surface area contributed by atoms with E-state index in [4.69, 9.17) is 4.74 Å². The molecule has 4 saturated carbocycles. The number of hydrogen-bond acceptors (Lipinski definition) is 6. The largest absolute Gasteiger partial charge is 1.00 e. The third-order valence-corrected chi connectivity index (χ3v) is 12.1. The first-order valence-electron chi connectivity index (χ1n) is 14.5. The van der Waals surface area contributed by atoms with Crippen LogP contribution in [0.5, 0.6) is 0 Å². The SMILES string of the molecule is CC(=O)OC1C[C@@]2(C)[C@@H](C[C@@H](O)C3[C@@]4(C)CC[C@@H](O)[C@@H](C)C4CC[C@@]32C)C1C(CCC=C(C)C)C(=O)[O-].[Ag+]. The van der Waals surface area contributed by atoms with Gasteiger partial charge in [0.2, 0.25) is 0 Å². The van der Waals surface area contributed by atoms with Crippen LogP contribution >= 0.6 is 0 Å². The van der Waals surface area contributed by atoms with Crippen molar-refractivity contribution < 1.29 is 52.0 Å². The van der Waals surface area contributed by atoms with Gasteiger partial charge >= 0.3 is 28.3 Å². The molecule has 0 saturated heterocycles. The molecule has 0 aromatic carbocycles. The second kappa shape index (κ2) is 11.3. The van der Waals surface area contributed by atoms with E-state index in [-0.39, 0.29) is 74.4 Å². The van der Waals surface area contributed by atoms with Crippen molar-refractivity contribution in [2.75, 3.05) is 0 Å². The van der Waals surface area contributed by atoms with Gasteiger partial charge in [0.1, 0.15) is 6.10 Å². The standard InChI is InChI=1S/C31H50O6.Ag/c1-17(2)9-8-10-20(28(35)36)26-22-15-24(34)27-29(5)13-12-23(33)18(3)21(29)11-14-30(27,6)31(22,7)16-25(26)37-19(4)32;/h9,18,20-27,33-34H,8,10-16H2,1-7H3,(H,35,36);/q;+1/p-1/t18-,20?,21?,22-,23+,24+,25?,26?,27?,29-,30-,31-;/m0./s1. The molecule has 12 atom stereocenters. The molecule has 38 heavy (non-hydrogen) atoms. The Balaban J connectivity index is 0.00000400. The summed E-state index contributed by atoms with van der Waals surface area (Å²) in [5.74, 6) is -2.05.